The first-order valence-corrected chi connectivity index (χ1v) is 9.17. The van der Waals surface area contributed by atoms with Gasteiger partial charge in [0.15, 0.2) is 0 Å². The summed E-state index contributed by atoms with van der Waals surface area (Å²) in [5.74, 6) is 0. The molecule has 154 valence electrons. The minimum Gasteiger partial charge on any atom is -0.372 e. The third kappa shape index (κ3) is 7.47. The molecular weight excluding hydrogens is 388 g/mol. The number of azide groups is 2. The molecule has 0 unspecified atom stereocenters. The predicted molar refractivity (Wildman–Crippen MR) is 113 cm³/mol. The number of azo groups is 1. The van der Waals surface area contributed by atoms with Crippen molar-refractivity contribution in [3.05, 3.63) is 79.5 Å². The second-order valence-corrected chi connectivity index (χ2v) is 6.09. The van der Waals surface area contributed by atoms with Crippen molar-refractivity contribution in [2.24, 2.45) is 20.5 Å². The molecule has 2 aromatic rings. The SMILES string of the molecule is [N-]=[N+]=NCCCN(CCCN=[N+]=[N-])c1ccc(N=Nc2ccc([N+](=O)[O-])cc2)cc1. The zero-order valence-electron chi connectivity index (χ0n) is 16.2. The molecule has 0 aliphatic heterocycles. The molecule has 0 fully saturated rings. The van der Waals surface area contributed by atoms with Crippen LogP contribution in [-0.4, -0.2) is 31.1 Å². The lowest BCUT2D eigenvalue weighted by atomic mass is 10.2. The van der Waals surface area contributed by atoms with Gasteiger partial charge in [0, 0.05) is 53.8 Å². The Morgan fingerprint density at radius 1 is 0.833 bits per heavy atom. The maximum Gasteiger partial charge on any atom is 0.269 e. The summed E-state index contributed by atoms with van der Waals surface area (Å²) in [6.07, 6.45) is 1.40. The predicted octanol–water partition coefficient (Wildman–Crippen LogP) is 6.22. The molecule has 0 saturated heterocycles. The maximum absolute atomic E-state index is 10.7. The van der Waals surface area contributed by atoms with Crippen LogP contribution < -0.4 is 4.90 Å². The molecule has 0 radical (unpaired) electrons. The number of hydrogen-bond donors (Lipinski definition) is 0. The number of nitro benzene ring substituents is 1. The Morgan fingerprint density at radius 2 is 1.30 bits per heavy atom. The lowest BCUT2D eigenvalue weighted by Crippen LogP contribution is -2.26. The van der Waals surface area contributed by atoms with Gasteiger partial charge < -0.3 is 4.90 Å². The van der Waals surface area contributed by atoms with Gasteiger partial charge in [-0.05, 0) is 60.3 Å². The van der Waals surface area contributed by atoms with Gasteiger partial charge in [0.05, 0.1) is 16.3 Å². The van der Waals surface area contributed by atoms with Crippen LogP contribution in [0, 0.1) is 10.1 Å². The van der Waals surface area contributed by atoms with Gasteiger partial charge >= 0.3 is 0 Å². The molecule has 0 N–H and O–H groups in total. The maximum atomic E-state index is 10.7. The van der Waals surface area contributed by atoms with Crippen molar-refractivity contribution in [1.29, 1.82) is 0 Å². The van der Waals surface area contributed by atoms with E-state index < -0.39 is 4.92 Å². The van der Waals surface area contributed by atoms with Crippen molar-refractivity contribution in [1.82, 2.24) is 0 Å². The molecule has 0 bridgehead atoms. The quantitative estimate of drug-likeness (QED) is 0.102. The average Bonchev–Trinajstić information content (AvgIpc) is 2.77. The first-order chi connectivity index (χ1) is 14.6. The number of anilines is 1. The van der Waals surface area contributed by atoms with Crippen LogP contribution in [0.3, 0.4) is 0 Å². The van der Waals surface area contributed by atoms with Crippen LogP contribution in [0.1, 0.15) is 12.8 Å². The monoisotopic (exact) mass is 408 g/mol. The van der Waals surface area contributed by atoms with Crippen LogP contribution in [0.2, 0.25) is 0 Å². The third-order valence-corrected chi connectivity index (χ3v) is 4.06. The van der Waals surface area contributed by atoms with Crippen molar-refractivity contribution in [2.45, 2.75) is 12.8 Å². The highest BCUT2D eigenvalue weighted by molar-refractivity contribution is 5.53. The lowest BCUT2D eigenvalue weighted by molar-refractivity contribution is -0.384. The fraction of sp³-hybridized carbons (Fsp3) is 0.333. The lowest BCUT2D eigenvalue weighted by Gasteiger charge is -2.24. The van der Waals surface area contributed by atoms with E-state index in [2.05, 4.69) is 35.2 Å². The fourth-order valence-corrected chi connectivity index (χ4v) is 2.61. The number of rotatable bonds is 12. The highest BCUT2D eigenvalue weighted by Gasteiger charge is 2.06. The molecule has 0 heterocycles. The molecule has 0 amide bonds. The summed E-state index contributed by atoms with van der Waals surface area (Å²) >= 11 is 0. The Kier molecular flexibility index (Phi) is 9.12. The molecular formula is C18H20N10O2. The van der Waals surface area contributed by atoms with Gasteiger partial charge in [0.2, 0.25) is 0 Å². The van der Waals surface area contributed by atoms with Crippen molar-refractivity contribution in [3.63, 3.8) is 0 Å². The summed E-state index contributed by atoms with van der Waals surface area (Å²) in [5.41, 5.74) is 18.9. The van der Waals surface area contributed by atoms with Crippen molar-refractivity contribution in [2.75, 3.05) is 31.1 Å². The number of nitrogens with zero attached hydrogens (tertiary/aromatic N) is 10. The first kappa shape index (κ1) is 22.2. The van der Waals surface area contributed by atoms with Gasteiger partial charge in [-0.3, -0.25) is 10.1 Å². The summed E-state index contributed by atoms with van der Waals surface area (Å²) < 4.78 is 0. The molecule has 0 aliphatic carbocycles. The molecule has 2 rings (SSSR count). The average molecular weight is 408 g/mol. The van der Waals surface area contributed by atoms with E-state index >= 15 is 0 Å². The van der Waals surface area contributed by atoms with Crippen LogP contribution in [0.25, 0.3) is 20.9 Å². The molecule has 0 aliphatic rings. The number of benzene rings is 2. The second kappa shape index (κ2) is 12.3. The molecule has 0 aromatic heterocycles. The van der Waals surface area contributed by atoms with Gasteiger partial charge in [-0.1, -0.05) is 10.2 Å². The van der Waals surface area contributed by atoms with Crippen LogP contribution >= 0.6 is 0 Å². The van der Waals surface area contributed by atoms with Crippen molar-refractivity contribution >= 4 is 22.7 Å². The number of nitro groups is 1. The Bertz CT molecular complexity index is 922. The fourth-order valence-electron chi connectivity index (χ4n) is 2.61. The standard InChI is InChI=1S/C18H20N10O2/c19-25-21-11-1-13-27(14-2-12-22-26-20)17-7-3-15(4-8-17)23-24-16-5-9-18(10-6-16)28(29)30/h3-10H,1-2,11-14H2. The smallest absolute Gasteiger partial charge is 0.269 e. The highest BCUT2D eigenvalue weighted by atomic mass is 16.6. The Hall–Kier alpha value is -4.14. The molecule has 2 aromatic carbocycles. The van der Waals surface area contributed by atoms with E-state index in [0.29, 0.717) is 50.4 Å². The summed E-state index contributed by atoms with van der Waals surface area (Å²) in [7, 11) is 0. The number of hydrogen-bond acceptors (Lipinski definition) is 7. The van der Waals surface area contributed by atoms with Crippen LogP contribution in [-0.2, 0) is 0 Å². The third-order valence-electron chi connectivity index (χ3n) is 4.06. The second-order valence-electron chi connectivity index (χ2n) is 6.09. The molecule has 0 spiro atoms. The highest BCUT2D eigenvalue weighted by Crippen LogP contribution is 2.24. The van der Waals surface area contributed by atoms with E-state index in [1.165, 1.54) is 24.3 Å². The van der Waals surface area contributed by atoms with Crippen molar-refractivity contribution in [3.8, 4) is 0 Å². The Labute approximate surface area is 172 Å². The molecule has 12 nitrogen and oxygen atoms in total. The van der Waals surface area contributed by atoms with Gasteiger partial charge in [-0.15, -0.1) is 0 Å². The van der Waals surface area contributed by atoms with E-state index in [0.717, 1.165) is 5.69 Å². The summed E-state index contributed by atoms with van der Waals surface area (Å²) in [6.45, 7) is 2.20. The van der Waals surface area contributed by atoms with E-state index in [1.807, 2.05) is 24.3 Å². The first-order valence-electron chi connectivity index (χ1n) is 9.17. The van der Waals surface area contributed by atoms with Crippen LogP contribution in [0.5, 0.6) is 0 Å². The zero-order valence-corrected chi connectivity index (χ0v) is 16.2. The van der Waals surface area contributed by atoms with E-state index in [9.17, 15) is 10.1 Å². The van der Waals surface area contributed by atoms with Crippen molar-refractivity contribution < 1.29 is 4.92 Å². The Balaban J connectivity index is 2.03. The largest absolute Gasteiger partial charge is 0.372 e. The summed E-state index contributed by atoms with van der Waals surface area (Å²) in [6, 6.07) is 13.3. The minimum atomic E-state index is -0.468. The van der Waals surface area contributed by atoms with Crippen LogP contribution in [0.15, 0.2) is 69.0 Å². The number of non-ortho nitro benzene ring substituents is 1. The van der Waals surface area contributed by atoms with Gasteiger partial charge in [0.1, 0.15) is 0 Å². The Morgan fingerprint density at radius 3 is 1.73 bits per heavy atom. The molecule has 12 heteroatoms. The topological polar surface area (TPSA) is 169 Å². The van der Waals surface area contributed by atoms with Gasteiger partial charge in [-0.25, -0.2) is 0 Å². The molecule has 30 heavy (non-hydrogen) atoms. The van der Waals surface area contributed by atoms with Gasteiger partial charge in [0.25, 0.3) is 5.69 Å². The van der Waals surface area contributed by atoms with E-state index in [4.69, 9.17) is 11.1 Å². The zero-order chi connectivity index (χ0) is 21.6. The normalized spacial score (nSPS) is 10.3. The minimum absolute atomic E-state index is 0.000634. The summed E-state index contributed by atoms with van der Waals surface area (Å²) in [5, 5.41) is 26.0. The molecule has 0 saturated carbocycles. The summed E-state index contributed by atoms with van der Waals surface area (Å²) in [4.78, 5) is 17.9. The van der Waals surface area contributed by atoms with E-state index in [-0.39, 0.29) is 5.69 Å². The van der Waals surface area contributed by atoms with Crippen LogP contribution in [0.4, 0.5) is 22.7 Å². The molecule has 0 atom stereocenters. The van der Waals surface area contributed by atoms with E-state index in [1.54, 1.807) is 0 Å². The van der Waals surface area contributed by atoms with Gasteiger partial charge in [-0.2, -0.15) is 10.2 Å².